The second-order valence-electron chi connectivity index (χ2n) is 6.83. The van der Waals surface area contributed by atoms with Gasteiger partial charge in [0.25, 0.3) is 0 Å². The lowest BCUT2D eigenvalue weighted by molar-refractivity contribution is -0.138. The molecular formula is C16H22N2O. The third-order valence-corrected chi connectivity index (χ3v) is 4.40. The summed E-state index contributed by atoms with van der Waals surface area (Å²) >= 11 is 0. The van der Waals surface area contributed by atoms with Crippen molar-refractivity contribution in [3.05, 3.63) is 29.8 Å². The summed E-state index contributed by atoms with van der Waals surface area (Å²) in [6.45, 7) is 7.52. The predicted octanol–water partition coefficient (Wildman–Crippen LogP) is 2.40. The molecule has 2 atom stereocenters. The normalized spacial score (nSPS) is 26.4. The van der Waals surface area contributed by atoms with E-state index in [2.05, 4.69) is 49.9 Å². The Bertz CT molecular complexity index is 500. The molecule has 3 fully saturated rings. The fraction of sp³-hybridized carbons (Fsp3) is 0.562. The second kappa shape index (κ2) is 3.99. The Morgan fingerprint density at radius 2 is 1.79 bits per heavy atom. The van der Waals surface area contributed by atoms with Crippen molar-refractivity contribution in [3.8, 4) is 0 Å². The van der Waals surface area contributed by atoms with Crippen LogP contribution in [-0.2, 0) is 10.2 Å². The number of piperidine rings is 1. The standard InChI is InChI=1S/C16H22N2O/c1-16(2,3)11-5-7-12(8-6-11)18-13-9-14(18)15(19)17(4)10-13/h5-8,13-14H,9-10H2,1-4H3. The molecule has 3 heteroatoms. The topological polar surface area (TPSA) is 23.6 Å². The van der Waals surface area contributed by atoms with Crippen molar-refractivity contribution < 1.29 is 4.79 Å². The van der Waals surface area contributed by atoms with Crippen molar-refractivity contribution in [1.29, 1.82) is 0 Å². The highest BCUT2D eigenvalue weighted by molar-refractivity contribution is 5.89. The summed E-state index contributed by atoms with van der Waals surface area (Å²) in [6, 6.07) is 9.30. The van der Waals surface area contributed by atoms with E-state index in [0.29, 0.717) is 6.04 Å². The van der Waals surface area contributed by atoms with E-state index in [9.17, 15) is 4.79 Å². The molecule has 2 bridgehead atoms. The minimum atomic E-state index is 0.0734. The van der Waals surface area contributed by atoms with Crippen LogP contribution in [0.5, 0.6) is 0 Å². The summed E-state index contributed by atoms with van der Waals surface area (Å²) in [4.78, 5) is 16.2. The molecule has 1 amide bonds. The van der Waals surface area contributed by atoms with Gasteiger partial charge in [0.2, 0.25) is 5.91 Å². The smallest absolute Gasteiger partial charge is 0.245 e. The first kappa shape index (κ1) is 12.5. The van der Waals surface area contributed by atoms with Crippen LogP contribution in [0.15, 0.2) is 24.3 Å². The van der Waals surface area contributed by atoms with Crippen molar-refractivity contribution in [2.24, 2.45) is 0 Å². The van der Waals surface area contributed by atoms with E-state index in [1.165, 1.54) is 11.3 Å². The van der Waals surface area contributed by atoms with E-state index < -0.39 is 0 Å². The van der Waals surface area contributed by atoms with Crippen LogP contribution in [0.2, 0.25) is 0 Å². The Kier molecular flexibility index (Phi) is 2.63. The molecule has 0 radical (unpaired) electrons. The van der Waals surface area contributed by atoms with Crippen molar-refractivity contribution in [2.45, 2.75) is 44.7 Å². The van der Waals surface area contributed by atoms with Gasteiger partial charge < -0.3 is 9.80 Å². The molecular weight excluding hydrogens is 236 g/mol. The molecule has 3 heterocycles. The number of carbonyl (C=O) groups is 1. The molecule has 0 saturated carbocycles. The van der Waals surface area contributed by atoms with E-state index in [1.807, 2.05) is 11.9 Å². The van der Waals surface area contributed by atoms with Crippen molar-refractivity contribution >= 4 is 11.6 Å². The third-order valence-electron chi connectivity index (χ3n) is 4.40. The van der Waals surface area contributed by atoms with Gasteiger partial charge in [-0.3, -0.25) is 4.79 Å². The predicted molar refractivity (Wildman–Crippen MR) is 77.5 cm³/mol. The average Bonchev–Trinajstić information content (AvgIpc) is 2.31. The van der Waals surface area contributed by atoms with Gasteiger partial charge in [-0.15, -0.1) is 0 Å². The number of benzene rings is 1. The van der Waals surface area contributed by atoms with Crippen LogP contribution < -0.4 is 4.90 Å². The lowest BCUT2D eigenvalue weighted by Crippen LogP contribution is -2.71. The van der Waals surface area contributed by atoms with Gasteiger partial charge in [0.05, 0.1) is 0 Å². The first-order valence-electron chi connectivity index (χ1n) is 7.02. The highest BCUT2D eigenvalue weighted by Crippen LogP contribution is 2.37. The number of amides is 1. The molecule has 102 valence electrons. The molecule has 3 nitrogen and oxygen atoms in total. The van der Waals surface area contributed by atoms with Gasteiger partial charge >= 0.3 is 0 Å². The molecule has 0 aliphatic carbocycles. The van der Waals surface area contributed by atoms with Crippen LogP contribution in [-0.4, -0.2) is 36.5 Å². The first-order valence-corrected chi connectivity index (χ1v) is 7.02. The fourth-order valence-corrected chi connectivity index (χ4v) is 3.17. The number of piperazine rings is 1. The number of likely N-dealkylation sites (N-methyl/N-ethyl adjacent to an activating group) is 1. The van der Waals surface area contributed by atoms with Crippen molar-refractivity contribution in [3.63, 3.8) is 0 Å². The van der Waals surface area contributed by atoms with Crippen LogP contribution >= 0.6 is 0 Å². The summed E-state index contributed by atoms with van der Waals surface area (Å²) < 4.78 is 0. The molecule has 3 aliphatic rings. The Morgan fingerprint density at radius 1 is 1.16 bits per heavy atom. The summed E-state index contributed by atoms with van der Waals surface area (Å²) in [5.41, 5.74) is 2.71. The Hall–Kier alpha value is -1.51. The van der Waals surface area contributed by atoms with Crippen LogP contribution in [0.25, 0.3) is 0 Å². The molecule has 0 spiro atoms. The van der Waals surface area contributed by atoms with Gasteiger partial charge in [0, 0.05) is 25.3 Å². The number of fused-ring (bicyclic) bond motifs is 2. The molecule has 2 unspecified atom stereocenters. The number of rotatable bonds is 1. The Morgan fingerprint density at radius 3 is 2.32 bits per heavy atom. The lowest BCUT2D eigenvalue weighted by Gasteiger charge is -2.55. The van der Waals surface area contributed by atoms with Crippen molar-refractivity contribution in [1.82, 2.24) is 4.90 Å². The van der Waals surface area contributed by atoms with Gasteiger partial charge in [0.1, 0.15) is 6.04 Å². The third kappa shape index (κ3) is 1.92. The van der Waals surface area contributed by atoms with Crippen LogP contribution in [0, 0.1) is 0 Å². The summed E-state index contributed by atoms with van der Waals surface area (Å²) in [5.74, 6) is 0.266. The summed E-state index contributed by atoms with van der Waals surface area (Å²) in [5, 5.41) is 0. The number of hydrogen-bond acceptors (Lipinski definition) is 2. The average molecular weight is 258 g/mol. The zero-order valence-corrected chi connectivity index (χ0v) is 12.2. The second-order valence-corrected chi connectivity index (χ2v) is 6.83. The Labute approximate surface area is 115 Å². The highest BCUT2D eigenvalue weighted by atomic mass is 16.2. The van der Waals surface area contributed by atoms with Gasteiger partial charge in [-0.1, -0.05) is 32.9 Å². The van der Waals surface area contributed by atoms with Gasteiger partial charge in [-0.25, -0.2) is 0 Å². The molecule has 1 aromatic rings. The number of carbonyl (C=O) groups excluding carboxylic acids is 1. The monoisotopic (exact) mass is 258 g/mol. The highest BCUT2D eigenvalue weighted by Gasteiger charge is 2.49. The summed E-state index contributed by atoms with van der Waals surface area (Å²) in [7, 11) is 1.90. The largest absolute Gasteiger partial charge is 0.355 e. The van der Waals surface area contributed by atoms with Crippen molar-refractivity contribution in [2.75, 3.05) is 18.5 Å². The maximum absolute atomic E-state index is 12.1. The zero-order valence-electron chi connectivity index (χ0n) is 12.2. The lowest BCUT2D eigenvalue weighted by atomic mass is 9.84. The van der Waals surface area contributed by atoms with Crippen LogP contribution in [0.1, 0.15) is 32.8 Å². The molecule has 1 aromatic carbocycles. The maximum Gasteiger partial charge on any atom is 0.245 e. The molecule has 0 aromatic heterocycles. The quantitative estimate of drug-likeness (QED) is 0.772. The molecule has 3 saturated heterocycles. The minimum Gasteiger partial charge on any atom is -0.355 e. The molecule has 4 rings (SSSR count). The van der Waals surface area contributed by atoms with E-state index in [-0.39, 0.29) is 17.4 Å². The number of nitrogens with zero attached hydrogens (tertiary/aromatic N) is 2. The van der Waals surface area contributed by atoms with E-state index >= 15 is 0 Å². The van der Waals surface area contributed by atoms with Gasteiger partial charge in [-0.2, -0.15) is 0 Å². The molecule has 19 heavy (non-hydrogen) atoms. The van der Waals surface area contributed by atoms with Gasteiger partial charge in [0.15, 0.2) is 0 Å². The van der Waals surface area contributed by atoms with Crippen LogP contribution in [0.3, 0.4) is 0 Å². The molecule has 0 N–H and O–H groups in total. The molecule has 3 aliphatic heterocycles. The SMILES string of the molecule is CN1CC2CC(C1=O)N2c1ccc(C(C)(C)C)cc1. The van der Waals surface area contributed by atoms with E-state index in [4.69, 9.17) is 0 Å². The first-order chi connectivity index (χ1) is 8.88. The zero-order chi connectivity index (χ0) is 13.8. The van der Waals surface area contributed by atoms with E-state index in [0.717, 1.165) is 13.0 Å². The maximum atomic E-state index is 12.1. The Balaban J connectivity index is 1.83. The fourth-order valence-electron chi connectivity index (χ4n) is 3.17. The number of anilines is 1. The van der Waals surface area contributed by atoms with E-state index in [1.54, 1.807) is 0 Å². The summed E-state index contributed by atoms with van der Waals surface area (Å²) in [6.07, 6.45) is 1.02. The van der Waals surface area contributed by atoms with Gasteiger partial charge in [-0.05, 0) is 29.5 Å². The van der Waals surface area contributed by atoms with Crippen LogP contribution in [0.4, 0.5) is 5.69 Å². The minimum absolute atomic E-state index is 0.0734. The number of hydrogen-bond donors (Lipinski definition) is 0.